The number of anilines is 2. The van der Waals surface area contributed by atoms with Gasteiger partial charge in [-0.2, -0.15) is 9.78 Å². The average molecular weight is 531 g/mol. The lowest BCUT2D eigenvalue weighted by atomic mass is 9.97. The number of aromatic nitrogens is 4. The van der Waals surface area contributed by atoms with Crippen molar-refractivity contribution >= 4 is 34.7 Å². The zero-order valence-electron chi connectivity index (χ0n) is 20.8. The van der Waals surface area contributed by atoms with Crippen LogP contribution in [0.15, 0.2) is 52.6 Å². The summed E-state index contributed by atoms with van der Waals surface area (Å²) in [5.74, 6) is 0.284. The standard InChI is InChI=1S/C27H26N6O4S/c1-37-18-7-4-6-17(13-18)32-15-16(12-24(32)34)25(35)29-23-14-21(22-10-5-11-38-22)31-33(23)27-28-20-9-3-2-8-19(20)26(36)30-27/h4-7,10-11,13-14,16H,2-3,8-9,12,15H2,1H3,(H,29,35)(H,28,30,36). The molecule has 1 aliphatic heterocycles. The van der Waals surface area contributed by atoms with Crippen LogP contribution in [-0.4, -0.2) is 45.2 Å². The van der Waals surface area contributed by atoms with Gasteiger partial charge in [-0.25, -0.2) is 4.98 Å². The first-order chi connectivity index (χ1) is 18.5. The second-order valence-electron chi connectivity index (χ2n) is 9.42. The molecule has 4 heterocycles. The minimum atomic E-state index is -0.558. The summed E-state index contributed by atoms with van der Waals surface area (Å²) < 4.78 is 6.75. The second kappa shape index (κ2) is 9.90. The Labute approximate surface area is 222 Å². The number of aromatic amines is 1. The highest BCUT2D eigenvalue weighted by Gasteiger charge is 2.36. The molecular formula is C27H26N6O4S. The van der Waals surface area contributed by atoms with Crippen LogP contribution in [0.2, 0.25) is 0 Å². The average Bonchev–Trinajstić information content (AvgIpc) is 3.69. The van der Waals surface area contributed by atoms with Crippen LogP contribution in [0, 0.1) is 5.92 Å². The van der Waals surface area contributed by atoms with Crippen molar-refractivity contribution in [3.63, 3.8) is 0 Å². The Balaban J connectivity index is 1.30. The molecule has 1 aromatic carbocycles. The summed E-state index contributed by atoms with van der Waals surface area (Å²) in [6.07, 6.45) is 3.47. The van der Waals surface area contributed by atoms with E-state index in [2.05, 4.69) is 15.4 Å². The van der Waals surface area contributed by atoms with Crippen molar-refractivity contribution in [1.82, 2.24) is 19.7 Å². The molecule has 0 bridgehead atoms. The van der Waals surface area contributed by atoms with Crippen molar-refractivity contribution in [2.75, 3.05) is 23.9 Å². The van der Waals surface area contributed by atoms with E-state index in [0.717, 1.165) is 35.4 Å². The lowest BCUT2D eigenvalue weighted by molar-refractivity contribution is -0.122. The minimum absolute atomic E-state index is 0.0862. The number of hydrogen-bond acceptors (Lipinski definition) is 7. The molecule has 0 radical (unpaired) electrons. The Morgan fingerprint density at radius 3 is 2.84 bits per heavy atom. The number of rotatable bonds is 6. The van der Waals surface area contributed by atoms with E-state index in [4.69, 9.17) is 9.72 Å². The second-order valence-corrected chi connectivity index (χ2v) is 10.4. The highest BCUT2D eigenvalue weighted by molar-refractivity contribution is 7.13. The van der Waals surface area contributed by atoms with Crippen LogP contribution in [0.4, 0.5) is 11.5 Å². The number of hydrogen-bond donors (Lipinski definition) is 2. The molecule has 0 spiro atoms. The zero-order chi connectivity index (χ0) is 26.2. The monoisotopic (exact) mass is 530 g/mol. The van der Waals surface area contributed by atoms with Crippen molar-refractivity contribution in [2.45, 2.75) is 32.1 Å². The van der Waals surface area contributed by atoms with Crippen LogP contribution in [-0.2, 0) is 22.4 Å². The molecule has 2 amide bonds. The van der Waals surface area contributed by atoms with E-state index < -0.39 is 5.92 Å². The summed E-state index contributed by atoms with van der Waals surface area (Å²) in [5, 5.41) is 9.57. The van der Waals surface area contributed by atoms with Gasteiger partial charge in [-0.1, -0.05) is 12.1 Å². The van der Waals surface area contributed by atoms with Crippen LogP contribution < -0.4 is 20.5 Å². The van der Waals surface area contributed by atoms with Crippen molar-refractivity contribution in [2.24, 2.45) is 5.92 Å². The molecule has 1 unspecified atom stereocenters. The molecule has 0 saturated carbocycles. The van der Waals surface area contributed by atoms with Gasteiger partial charge in [0.2, 0.25) is 17.8 Å². The van der Waals surface area contributed by atoms with Gasteiger partial charge in [0.15, 0.2) is 0 Å². The van der Waals surface area contributed by atoms with E-state index in [9.17, 15) is 14.4 Å². The minimum Gasteiger partial charge on any atom is -0.497 e. The molecular weight excluding hydrogens is 504 g/mol. The zero-order valence-corrected chi connectivity index (χ0v) is 21.6. The van der Waals surface area contributed by atoms with E-state index in [1.165, 1.54) is 16.0 Å². The number of methoxy groups -OCH3 is 1. The molecule has 6 rings (SSSR count). The number of carbonyl (C=O) groups excluding carboxylic acids is 2. The molecule has 1 aliphatic carbocycles. The fraction of sp³-hybridized carbons (Fsp3) is 0.296. The fourth-order valence-electron chi connectivity index (χ4n) is 5.01. The van der Waals surface area contributed by atoms with Crippen molar-refractivity contribution in [3.05, 3.63) is 69.5 Å². The number of nitrogens with zero attached hydrogens (tertiary/aromatic N) is 4. The molecule has 2 N–H and O–H groups in total. The van der Waals surface area contributed by atoms with Gasteiger partial charge in [-0.3, -0.25) is 19.4 Å². The smallest absolute Gasteiger partial charge is 0.255 e. The van der Waals surface area contributed by atoms with Gasteiger partial charge < -0.3 is 15.0 Å². The lowest BCUT2D eigenvalue weighted by Crippen LogP contribution is -2.29. The summed E-state index contributed by atoms with van der Waals surface area (Å²) in [6, 6.07) is 12.8. The van der Waals surface area contributed by atoms with Crippen LogP contribution in [0.1, 0.15) is 30.5 Å². The quantitative estimate of drug-likeness (QED) is 0.393. The van der Waals surface area contributed by atoms with Gasteiger partial charge >= 0.3 is 0 Å². The number of amides is 2. The fourth-order valence-corrected chi connectivity index (χ4v) is 5.69. The summed E-state index contributed by atoms with van der Waals surface area (Å²) in [6.45, 7) is 0.248. The maximum Gasteiger partial charge on any atom is 0.255 e. The molecule has 10 nitrogen and oxygen atoms in total. The number of benzene rings is 1. The summed E-state index contributed by atoms with van der Waals surface area (Å²) >= 11 is 1.52. The number of H-pyrrole nitrogens is 1. The molecule has 38 heavy (non-hydrogen) atoms. The van der Waals surface area contributed by atoms with Crippen molar-refractivity contribution < 1.29 is 14.3 Å². The molecule has 194 valence electrons. The number of ether oxygens (including phenoxy) is 1. The highest BCUT2D eigenvalue weighted by Crippen LogP contribution is 2.31. The van der Waals surface area contributed by atoms with Gasteiger partial charge in [0.1, 0.15) is 17.3 Å². The van der Waals surface area contributed by atoms with Crippen molar-refractivity contribution in [3.8, 4) is 22.3 Å². The number of thiophene rings is 1. The van der Waals surface area contributed by atoms with E-state index in [-0.39, 0.29) is 36.3 Å². The third kappa shape index (κ3) is 4.49. The van der Waals surface area contributed by atoms with Gasteiger partial charge in [0, 0.05) is 36.3 Å². The molecule has 1 fully saturated rings. The largest absolute Gasteiger partial charge is 0.497 e. The van der Waals surface area contributed by atoms with Crippen LogP contribution in [0.3, 0.4) is 0 Å². The highest BCUT2D eigenvalue weighted by atomic mass is 32.1. The molecule has 3 aromatic heterocycles. The third-order valence-electron chi connectivity index (χ3n) is 6.97. The van der Waals surface area contributed by atoms with E-state index in [1.54, 1.807) is 30.2 Å². The molecule has 11 heteroatoms. The molecule has 1 saturated heterocycles. The Morgan fingerprint density at radius 1 is 1.16 bits per heavy atom. The Kier molecular flexibility index (Phi) is 6.28. The SMILES string of the molecule is COc1cccc(N2CC(C(=O)Nc3cc(-c4cccs4)nn3-c3nc4c(c(=O)[nH]3)CCCC4)CC2=O)c1. The first-order valence-electron chi connectivity index (χ1n) is 12.5. The van der Waals surface area contributed by atoms with Gasteiger partial charge in [0.05, 0.1) is 23.6 Å². The first kappa shape index (κ1) is 24.1. The summed E-state index contributed by atoms with van der Waals surface area (Å²) in [7, 11) is 1.57. The van der Waals surface area contributed by atoms with Gasteiger partial charge in [-0.15, -0.1) is 11.3 Å². The molecule has 4 aromatic rings. The Bertz CT molecular complexity index is 1570. The summed E-state index contributed by atoms with van der Waals surface area (Å²) in [4.78, 5) is 49.1. The predicted molar refractivity (Wildman–Crippen MR) is 144 cm³/mol. The Hall–Kier alpha value is -4.25. The van der Waals surface area contributed by atoms with Gasteiger partial charge in [0.25, 0.3) is 5.56 Å². The van der Waals surface area contributed by atoms with Crippen LogP contribution >= 0.6 is 11.3 Å². The molecule has 1 atom stereocenters. The Morgan fingerprint density at radius 2 is 2.03 bits per heavy atom. The van der Waals surface area contributed by atoms with E-state index >= 15 is 0 Å². The van der Waals surface area contributed by atoms with E-state index in [1.807, 2.05) is 29.6 Å². The first-order valence-corrected chi connectivity index (χ1v) is 13.4. The number of carbonyl (C=O) groups is 2. The van der Waals surface area contributed by atoms with Gasteiger partial charge in [-0.05, 0) is 49.3 Å². The maximum atomic E-state index is 13.4. The van der Waals surface area contributed by atoms with Crippen LogP contribution in [0.25, 0.3) is 16.5 Å². The van der Waals surface area contributed by atoms with E-state index in [0.29, 0.717) is 29.4 Å². The number of aryl methyl sites for hydroxylation is 1. The topological polar surface area (TPSA) is 122 Å². The molecule has 2 aliphatic rings. The maximum absolute atomic E-state index is 13.4. The lowest BCUT2D eigenvalue weighted by Gasteiger charge is -2.18. The van der Waals surface area contributed by atoms with Crippen molar-refractivity contribution in [1.29, 1.82) is 0 Å². The third-order valence-corrected chi connectivity index (χ3v) is 7.87. The number of nitrogens with one attached hydrogen (secondary N) is 2. The van der Waals surface area contributed by atoms with Crippen LogP contribution in [0.5, 0.6) is 5.75 Å². The summed E-state index contributed by atoms with van der Waals surface area (Å²) in [5.41, 5.74) is 2.65. The predicted octanol–water partition coefficient (Wildman–Crippen LogP) is 3.56. The number of fused-ring (bicyclic) bond motifs is 1. The normalized spacial score (nSPS) is 16.9.